The van der Waals surface area contributed by atoms with Crippen LogP contribution in [0.1, 0.15) is 41.4 Å². The van der Waals surface area contributed by atoms with Crippen molar-refractivity contribution in [1.82, 2.24) is 19.9 Å². The fourth-order valence-corrected chi connectivity index (χ4v) is 2.78. The molecule has 0 aliphatic heterocycles. The zero-order chi connectivity index (χ0) is 18.0. The molecule has 0 aliphatic carbocycles. The van der Waals surface area contributed by atoms with Crippen LogP contribution in [0.25, 0.3) is 16.8 Å². The number of rotatable bonds is 5. The molecule has 0 fully saturated rings. The van der Waals surface area contributed by atoms with Crippen molar-refractivity contribution in [3.63, 3.8) is 0 Å². The number of nitrogens with zero attached hydrogens (tertiary/aromatic N) is 3. The van der Waals surface area contributed by atoms with E-state index in [2.05, 4.69) is 60.1 Å². The first-order chi connectivity index (χ1) is 12.0. The lowest BCUT2D eigenvalue weighted by Crippen LogP contribution is -2.25. The maximum Gasteiger partial charge on any atom is 0.254 e. The van der Waals surface area contributed by atoms with Gasteiger partial charge < -0.3 is 5.32 Å². The summed E-state index contributed by atoms with van der Waals surface area (Å²) in [6, 6.07) is 8.45. The van der Waals surface area contributed by atoms with E-state index in [1.54, 1.807) is 23.0 Å². The summed E-state index contributed by atoms with van der Waals surface area (Å²) < 4.78 is 1.72. The number of hydrogen-bond donors (Lipinski definition) is 1. The van der Waals surface area contributed by atoms with Gasteiger partial charge >= 0.3 is 0 Å². The SMILES string of the molecule is C=CCNC(=O)c1cnc2c(-c3ccc(C(C)C)cc3)cnn2c1C. The van der Waals surface area contributed by atoms with E-state index in [0.717, 1.165) is 22.5 Å². The monoisotopic (exact) mass is 334 g/mol. The van der Waals surface area contributed by atoms with Gasteiger partial charge in [0.15, 0.2) is 5.65 Å². The highest BCUT2D eigenvalue weighted by Crippen LogP contribution is 2.26. The van der Waals surface area contributed by atoms with Crippen LogP contribution in [0.15, 0.2) is 49.3 Å². The second-order valence-electron chi connectivity index (χ2n) is 6.33. The summed E-state index contributed by atoms with van der Waals surface area (Å²) in [7, 11) is 0. The van der Waals surface area contributed by atoms with Crippen LogP contribution in [-0.2, 0) is 0 Å². The maximum atomic E-state index is 12.2. The predicted molar refractivity (Wildman–Crippen MR) is 99.8 cm³/mol. The fourth-order valence-electron chi connectivity index (χ4n) is 2.78. The van der Waals surface area contributed by atoms with E-state index in [4.69, 9.17) is 0 Å². The van der Waals surface area contributed by atoms with Crippen molar-refractivity contribution in [1.29, 1.82) is 0 Å². The van der Waals surface area contributed by atoms with Gasteiger partial charge in [-0.1, -0.05) is 44.2 Å². The Balaban J connectivity index is 2.01. The van der Waals surface area contributed by atoms with Gasteiger partial charge in [0.05, 0.1) is 17.5 Å². The molecule has 2 aromatic heterocycles. The molecule has 2 heterocycles. The normalized spacial score (nSPS) is 11.0. The van der Waals surface area contributed by atoms with Gasteiger partial charge in [0.1, 0.15) is 0 Å². The average Bonchev–Trinajstić information content (AvgIpc) is 3.05. The zero-order valence-corrected chi connectivity index (χ0v) is 14.8. The second-order valence-corrected chi connectivity index (χ2v) is 6.33. The third-order valence-corrected chi connectivity index (χ3v) is 4.31. The van der Waals surface area contributed by atoms with Crippen LogP contribution in [0.2, 0.25) is 0 Å². The van der Waals surface area contributed by atoms with Crippen molar-refractivity contribution >= 4 is 11.6 Å². The van der Waals surface area contributed by atoms with Gasteiger partial charge in [-0.15, -0.1) is 6.58 Å². The quantitative estimate of drug-likeness (QED) is 0.723. The highest BCUT2D eigenvalue weighted by molar-refractivity contribution is 5.95. The predicted octanol–water partition coefficient (Wildman–Crippen LogP) is 3.74. The minimum absolute atomic E-state index is 0.176. The van der Waals surface area contributed by atoms with Crippen molar-refractivity contribution in [3.8, 4) is 11.1 Å². The number of carbonyl (C=O) groups is 1. The molecule has 0 unspecified atom stereocenters. The van der Waals surface area contributed by atoms with Gasteiger partial charge in [-0.25, -0.2) is 9.50 Å². The van der Waals surface area contributed by atoms with E-state index in [1.807, 2.05) is 6.92 Å². The van der Waals surface area contributed by atoms with Crippen molar-refractivity contribution in [2.75, 3.05) is 6.54 Å². The van der Waals surface area contributed by atoms with E-state index >= 15 is 0 Å². The molecule has 0 bridgehead atoms. The molecule has 1 amide bonds. The first-order valence-corrected chi connectivity index (χ1v) is 8.35. The Bertz CT molecular complexity index is 923. The number of fused-ring (bicyclic) bond motifs is 1. The van der Waals surface area contributed by atoms with E-state index in [9.17, 15) is 4.79 Å². The third-order valence-electron chi connectivity index (χ3n) is 4.31. The topological polar surface area (TPSA) is 59.3 Å². The molecule has 0 saturated carbocycles. The molecule has 3 rings (SSSR count). The van der Waals surface area contributed by atoms with Crippen molar-refractivity contribution < 1.29 is 4.79 Å². The van der Waals surface area contributed by atoms with Crippen molar-refractivity contribution in [2.24, 2.45) is 0 Å². The number of hydrogen-bond acceptors (Lipinski definition) is 3. The lowest BCUT2D eigenvalue weighted by atomic mass is 10.00. The Morgan fingerprint density at radius 2 is 2.00 bits per heavy atom. The third kappa shape index (κ3) is 3.18. The van der Waals surface area contributed by atoms with Crippen LogP contribution in [0, 0.1) is 6.92 Å². The summed E-state index contributed by atoms with van der Waals surface area (Å²) in [4.78, 5) is 16.7. The molecule has 0 spiro atoms. The molecule has 5 heteroatoms. The number of aromatic nitrogens is 3. The minimum atomic E-state index is -0.176. The molecule has 0 saturated heterocycles. The van der Waals surface area contributed by atoms with Crippen LogP contribution in [0.3, 0.4) is 0 Å². The molecule has 1 N–H and O–H groups in total. The molecular weight excluding hydrogens is 312 g/mol. The number of aryl methyl sites for hydroxylation is 1. The van der Waals surface area contributed by atoms with Gasteiger partial charge in [-0.2, -0.15) is 5.10 Å². The number of amides is 1. The van der Waals surface area contributed by atoms with Crippen molar-refractivity contribution in [2.45, 2.75) is 26.7 Å². The molecule has 128 valence electrons. The molecule has 3 aromatic rings. The van der Waals surface area contributed by atoms with Gasteiger partial charge in [0.25, 0.3) is 5.91 Å². The summed E-state index contributed by atoms with van der Waals surface area (Å²) in [5.41, 5.74) is 5.34. The van der Waals surface area contributed by atoms with E-state index in [-0.39, 0.29) is 5.91 Å². The van der Waals surface area contributed by atoms with Crippen LogP contribution in [0.5, 0.6) is 0 Å². The Morgan fingerprint density at radius 3 is 2.64 bits per heavy atom. The first-order valence-electron chi connectivity index (χ1n) is 8.35. The van der Waals surface area contributed by atoms with E-state index in [0.29, 0.717) is 18.0 Å². The van der Waals surface area contributed by atoms with Gasteiger partial charge in [-0.3, -0.25) is 4.79 Å². The Kier molecular flexibility index (Phi) is 4.65. The highest BCUT2D eigenvalue weighted by Gasteiger charge is 2.16. The maximum absolute atomic E-state index is 12.2. The number of carbonyl (C=O) groups excluding carboxylic acids is 1. The minimum Gasteiger partial charge on any atom is -0.348 e. The van der Waals surface area contributed by atoms with Crippen LogP contribution in [0.4, 0.5) is 0 Å². The van der Waals surface area contributed by atoms with Crippen LogP contribution < -0.4 is 5.32 Å². The molecule has 1 aromatic carbocycles. The highest BCUT2D eigenvalue weighted by atomic mass is 16.1. The summed E-state index contributed by atoms with van der Waals surface area (Å²) in [6.07, 6.45) is 5.05. The first kappa shape index (κ1) is 16.9. The Hall–Kier alpha value is -2.95. The van der Waals surface area contributed by atoms with Crippen LogP contribution >= 0.6 is 0 Å². The fraction of sp³-hybridized carbons (Fsp3) is 0.250. The van der Waals surface area contributed by atoms with E-state index < -0.39 is 0 Å². The van der Waals surface area contributed by atoms with Crippen LogP contribution in [-0.4, -0.2) is 27.0 Å². The average molecular weight is 334 g/mol. The summed E-state index contributed by atoms with van der Waals surface area (Å²) in [5.74, 6) is 0.320. The smallest absolute Gasteiger partial charge is 0.254 e. The number of benzene rings is 1. The summed E-state index contributed by atoms with van der Waals surface area (Å²) >= 11 is 0. The molecule has 0 radical (unpaired) electrons. The molecule has 0 aliphatic rings. The van der Waals surface area contributed by atoms with Crippen molar-refractivity contribution in [3.05, 3.63) is 66.1 Å². The Labute approximate surface area is 147 Å². The summed E-state index contributed by atoms with van der Waals surface area (Å²) in [5, 5.41) is 7.20. The largest absolute Gasteiger partial charge is 0.348 e. The lowest BCUT2D eigenvalue weighted by molar-refractivity contribution is 0.0956. The van der Waals surface area contributed by atoms with Gasteiger partial charge in [-0.05, 0) is 24.0 Å². The Morgan fingerprint density at radius 1 is 1.28 bits per heavy atom. The molecule has 0 atom stereocenters. The molecular formula is C20H22N4O. The van der Waals surface area contributed by atoms with E-state index in [1.165, 1.54) is 5.56 Å². The number of nitrogens with one attached hydrogen (secondary N) is 1. The van der Waals surface area contributed by atoms with Gasteiger partial charge in [0, 0.05) is 18.3 Å². The van der Waals surface area contributed by atoms with Gasteiger partial charge in [0.2, 0.25) is 0 Å². The lowest BCUT2D eigenvalue weighted by Gasteiger charge is -2.08. The second kappa shape index (κ2) is 6.89. The molecule has 5 nitrogen and oxygen atoms in total. The standard InChI is InChI=1S/C20H22N4O/c1-5-10-21-20(25)17-11-22-19-18(12-23-24(19)14(17)4)16-8-6-15(7-9-16)13(2)3/h5-9,11-13H,1,10H2,2-4H3,(H,21,25). The zero-order valence-electron chi connectivity index (χ0n) is 14.8. The molecule has 25 heavy (non-hydrogen) atoms. The summed E-state index contributed by atoms with van der Waals surface area (Å²) in [6.45, 7) is 10.2.